The van der Waals surface area contributed by atoms with E-state index in [4.69, 9.17) is 11.0 Å². The highest BCUT2D eigenvalue weighted by atomic mass is 32.2. The summed E-state index contributed by atoms with van der Waals surface area (Å²) < 4.78 is 0. The molecule has 0 saturated carbocycles. The number of nitrogens with one attached hydrogen (secondary N) is 1. The number of Topliss-reactive ketones (excluding diaryl/α,β-unsaturated/α-hetero) is 1. The van der Waals surface area contributed by atoms with Crippen molar-refractivity contribution in [3.8, 4) is 6.07 Å². The molecule has 128 valence electrons. The van der Waals surface area contributed by atoms with Crippen molar-refractivity contribution in [2.45, 2.75) is 18.5 Å². The van der Waals surface area contributed by atoms with Gasteiger partial charge < -0.3 is 11.1 Å². The van der Waals surface area contributed by atoms with Crippen molar-refractivity contribution in [2.75, 3.05) is 18.0 Å². The zero-order valence-electron chi connectivity index (χ0n) is 13.7. The molecule has 0 aliphatic heterocycles. The molecule has 1 aromatic carbocycles. The Morgan fingerprint density at radius 2 is 2.04 bits per heavy atom. The second kappa shape index (κ2) is 8.80. The molecule has 1 aromatic heterocycles. The lowest BCUT2D eigenvalue weighted by Crippen LogP contribution is -2.22. The number of nitriles is 1. The Morgan fingerprint density at radius 1 is 1.32 bits per heavy atom. The van der Waals surface area contributed by atoms with Gasteiger partial charge >= 0.3 is 0 Å². The van der Waals surface area contributed by atoms with Crippen LogP contribution in [0.4, 0.5) is 5.82 Å². The van der Waals surface area contributed by atoms with Crippen molar-refractivity contribution in [1.29, 1.82) is 5.26 Å². The second-order valence-corrected chi connectivity index (χ2v) is 6.15. The highest BCUT2D eigenvalue weighted by Gasteiger charge is 2.10. The van der Waals surface area contributed by atoms with E-state index in [2.05, 4.69) is 15.3 Å². The highest BCUT2D eigenvalue weighted by molar-refractivity contribution is 7.99. The van der Waals surface area contributed by atoms with Crippen LogP contribution in [-0.2, 0) is 11.2 Å². The number of nitrogen functional groups attached to an aromatic ring is 1. The van der Waals surface area contributed by atoms with E-state index >= 15 is 0 Å². The summed E-state index contributed by atoms with van der Waals surface area (Å²) in [6.07, 6.45) is 2.06. The first-order valence-corrected chi connectivity index (χ1v) is 8.50. The predicted octanol–water partition coefficient (Wildman–Crippen LogP) is 1.58. The number of hydrogen-bond acceptors (Lipinski definition) is 7. The van der Waals surface area contributed by atoms with Gasteiger partial charge in [0.25, 0.3) is 0 Å². The third kappa shape index (κ3) is 5.58. The minimum absolute atomic E-state index is 0.0510. The van der Waals surface area contributed by atoms with E-state index in [9.17, 15) is 9.59 Å². The monoisotopic (exact) mass is 355 g/mol. The molecule has 1 amide bonds. The van der Waals surface area contributed by atoms with Crippen LogP contribution >= 0.6 is 11.8 Å². The number of hydrogen-bond donors (Lipinski definition) is 2. The number of aromatic nitrogens is 2. The molecular formula is C17H17N5O2S. The molecule has 0 aliphatic carbocycles. The zero-order valence-corrected chi connectivity index (χ0v) is 14.5. The fourth-order valence-electron chi connectivity index (χ4n) is 1.99. The molecule has 0 unspecified atom stereocenters. The van der Waals surface area contributed by atoms with Crippen LogP contribution < -0.4 is 11.1 Å². The molecule has 2 aromatic rings. The van der Waals surface area contributed by atoms with Crippen LogP contribution in [0.5, 0.6) is 0 Å². The molecule has 0 bridgehead atoms. The van der Waals surface area contributed by atoms with Gasteiger partial charge in [-0.2, -0.15) is 5.26 Å². The second-order valence-electron chi connectivity index (χ2n) is 5.21. The lowest BCUT2D eigenvalue weighted by molar-refractivity contribution is -0.118. The predicted molar refractivity (Wildman–Crippen MR) is 95.0 cm³/mol. The molecule has 0 spiro atoms. The van der Waals surface area contributed by atoms with Crippen molar-refractivity contribution < 1.29 is 9.59 Å². The number of anilines is 1. The van der Waals surface area contributed by atoms with Crippen LogP contribution in [0, 0.1) is 11.3 Å². The van der Waals surface area contributed by atoms with E-state index in [1.54, 1.807) is 12.1 Å². The number of nitrogens with two attached hydrogens (primary N) is 1. The summed E-state index contributed by atoms with van der Waals surface area (Å²) in [5.74, 6) is 0.173. The smallest absolute Gasteiger partial charge is 0.216 e. The highest BCUT2D eigenvalue weighted by Crippen LogP contribution is 2.17. The van der Waals surface area contributed by atoms with Gasteiger partial charge in [-0.25, -0.2) is 9.97 Å². The summed E-state index contributed by atoms with van der Waals surface area (Å²) >= 11 is 1.17. The van der Waals surface area contributed by atoms with Gasteiger partial charge in [-0.15, -0.1) is 0 Å². The van der Waals surface area contributed by atoms with E-state index in [-0.39, 0.29) is 28.8 Å². The molecular weight excluding hydrogens is 338 g/mol. The van der Waals surface area contributed by atoms with E-state index < -0.39 is 0 Å². The lowest BCUT2D eigenvalue weighted by Gasteiger charge is -2.05. The normalized spacial score (nSPS) is 10.1. The van der Waals surface area contributed by atoms with E-state index in [1.807, 2.05) is 18.2 Å². The third-order valence-electron chi connectivity index (χ3n) is 3.31. The average Bonchev–Trinajstić information content (AvgIpc) is 2.60. The van der Waals surface area contributed by atoms with Crippen molar-refractivity contribution in [3.05, 3.63) is 47.2 Å². The summed E-state index contributed by atoms with van der Waals surface area (Å²) in [6.45, 7) is 2.04. The summed E-state index contributed by atoms with van der Waals surface area (Å²) in [4.78, 5) is 31.0. The van der Waals surface area contributed by atoms with Gasteiger partial charge in [0, 0.05) is 19.0 Å². The number of rotatable bonds is 7. The van der Waals surface area contributed by atoms with Gasteiger partial charge in [0.2, 0.25) is 5.91 Å². The fraction of sp³-hybridized carbons (Fsp3) is 0.235. The van der Waals surface area contributed by atoms with Gasteiger partial charge in [0.05, 0.1) is 11.9 Å². The molecule has 0 atom stereocenters. The largest absolute Gasteiger partial charge is 0.382 e. The van der Waals surface area contributed by atoms with E-state index in [0.717, 1.165) is 5.56 Å². The summed E-state index contributed by atoms with van der Waals surface area (Å²) in [6, 6.07) is 9.16. The first-order chi connectivity index (χ1) is 12.0. The van der Waals surface area contributed by atoms with Gasteiger partial charge in [-0.1, -0.05) is 36.0 Å². The quantitative estimate of drug-likeness (QED) is 0.439. The lowest BCUT2D eigenvalue weighted by atomic mass is 10.1. The molecule has 0 radical (unpaired) electrons. The van der Waals surface area contributed by atoms with Crippen molar-refractivity contribution >= 4 is 29.3 Å². The molecule has 0 aliphatic rings. The Kier molecular flexibility index (Phi) is 6.48. The van der Waals surface area contributed by atoms with Gasteiger partial charge in [0.15, 0.2) is 10.9 Å². The summed E-state index contributed by atoms with van der Waals surface area (Å²) in [7, 11) is 0. The topological polar surface area (TPSA) is 122 Å². The Morgan fingerprint density at radius 3 is 2.64 bits per heavy atom. The van der Waals surface area contributed by atoms with Crippen molar-refractivity contribution in [1.82, 2.24) is 15.3 Å². The fourth-order valence-corrected chi connectivity index (χ4v) is 2.70. The summed E-state index contributed by atoms with van der Waals surface area (Å²) in [5, 5.41) is 11.9. The maximum Gasteiger partial charge on any atom is 0.216 e. The minimum Gasteiger partial charge on any atom is -0.382 e. The van der Waals surface area contributed by atoms with Crippen LogP contribution in [-0.4, -0.2) is 34.0 Å². The molecule has 3 N–H and O–H groups in total. The Bertz CT molecular complexity index is 815. The van der Waals surface area contributed by atoms with E-state index in [1.165, 1.54) is 24.9 Å². The number of amides is 1. The third-order valence-corrected chi connectivity index (χ3v) is 4.17. The number of carbonyl (C=O) groups is 2. The average molecular weight is 355 g/mol. The molecule has 25 heavy (non-hydrogen) atoms. The number of benzene rings is 1. The molecule has 2 rings (SSSR count). The first kappa shape index (κ1) is 18.4. The van der Waals surface area contributed by atoms with Crippen molar-refractivity contribution in [3.63, 3.8) is 0 Å². The molecule has 0 saturated heterocycles. The van der Waals surface area contributed by atoms with Crippen molar-refractivity contribution in [2.24, 2.45) is 0 Å². The van der Waals surface area contributed by atoms with Crippen LogP contribution in [0.2, 0.25) is 0 Å². The van der Waals surface area contributed by atoms with E-state index in [0.29, 0.717) is 23.7 Å². The molecule has 7 nitrogen and oxygen atoms in total. The number of ketones is 1. The Labute approximate surface area is 149 Å². The maximum absolute atomic E-state index is 12.2. The maximum atomic E-state index is 12.2. The van der Waals surface area contributed by atoms with Gasteiger partial charge in [0.1, 0.15) is 17.5 Å². The van der Waals surface area contributed by atoms with Gasteiger partial charge in [-0.05, 0) is 12.0 Å². The first-order valence-electron chi connectivity index (χ1n) is 7.51. The van der Waals surface area contributed by atoms with Gasteiger partial charge in [-0.3, -0.25) is 9.59 Å². The number of carbonyl (C=O) groups excluding carboxylic acids is 2. The molecule has 1 heterocycles. The minimum atomic E-state index is -0.0607. The van der Waals surface area contributed by atoms with Crippen LogP contribution in [0.3, 0.4) is 0 Å². The number of thioether (sulfide) groups is 1. The van der Waals surface area contributed by atoms with Crippen LogP contribution in [0.25, 0.3) is 0 Å². The number of nitrogens with zero attached hydrogens (tertiary/aromatic N) is 3. The standard InChI is InChI=1S/C17H17N5O2S/c1-11(23)20-7-6-12-2-4-13(5-3-12)15(24)10-25-17-21-9-14(8-18)16(19)22-17/h2-5,9H,6-7,10H2,1H3,(H,20,23)(H2,19,21,22). The summed E-state index contributed by atoms with van der Waals surface area (Å²) in [5.41, 5.74) is 7.48. The zero-order chi connectivity index (χ0) is 18.2. The SMILES string of the molecule is CC(=O)NCCc1ccc(C(=O)CSc2ncc(C#N)c(N)n2)cc1. The van der Waals surface area contributed by atoms with Crippen LogP contribution in [0.15, 0.2) is 35.6 Å². The molecule has 0 fully saturated rings. The molecule has 8 heteroatoms. The Hall–Kier alpha value is -2.92. The Balaban J connectivity index is 1.89. The van der Waals surface area contributed by atoms with Crippen LogP contribution in [0.1, 0.15) is 28.4 Å².